The van der Waals surface area contributed by atoms with Crippen LogP contribution in [0.2, 0.25) is 0 Å². The van der Waals surface area contributed by atoms with Gasteiger partial charge in [0.25, 0.3) is 0 Å². The highest BCUT2D eigenvalue weighted by Crippen LogP contribution is 2.40. The third-order valence-electron chi connectivity index (χ3n) is 7.53. The van der Waals surface area contributed by atoms with Crippen molar-refractivity contribution in [2.45, 2.75) is 64.0 Å². The van der Waals surface area contributed by atoms with Gasteiger partial charge in [-0.1, -0.05) is 6.07 Å². The number of benzene rings is 1. The van der Waals surface area contributed by atoms with Gasteiger partial charge in [0, 0.05) is 49.1 Å². The van der Waals surface area contributed by atoms with Crippen LogP contribution in [0.3, 0.4) is 0 Å². The number of imidazole rings is 1. The van der Waals surface area contributed by atoms with Crippen molar-refractivity contribution in [2.75, 3.05) is 13.7 Å². The van der Waals surface area contributed by atoms with E-state index in [0.717, 1.165) is 47.4 Å². The van der Waals surface area contributed by atoms with Gasteiger partial charge in [-0.25, -0.2) is 9.78 Å². The minimum Gasteiger partial charge on any atom is -0.481 e. The van der Waals surface area contributed by atoms with E-state index in [1.165, 1.54) is 12.7 Å². The number of nitrogens with zero attached hydrogens (tertiary/aromatic N) is 5. The Morgan fingerprint density at radius 3 is 2.69 bits per heavy atom. The van der Waals surface area contributed by atoms with Crippen molar-refractivity contribution in [1.29, 1.82) is 0 Å². The Balaban J connectivity index is 1.56. The highest BCUT2D eigenvalue weighted by atomic mass is 16.5. The van der Waals surface area contributed by atoms with Crippen LogP contribution in [0.4, 0.5) is 4.79 Å². The molecule has 5 rings (SSSR count). The first-order chi connectivity index (χ1) is 17.0. The summed E-state index contributed by atoms with van der Waals surface area (Å²) in [6, 6.07) is 4.39. The number of methoxy groups -OCH3 is 1. The Hall–Kier alpha value is -3.49. The molecule has 1 atom stereocenters. The molecule has 1 fully saturated rings. The molecule has 3 heterocycles. The molecule has 0 unspecified atom stereocenters. The maximum absolute atomic E-state index is 12.2. The first-order valence-electron chi connectivity index (χ1n) is 12.3. The molecule has 0 radical (unpaired) electrons. The molecule has 3 aromatic rings. The highest BCUT2D eigenvalue weighted by Gasteiger charge is 2.32. The molecule has 2 aliphatic rings. The van der Waals surface area contributed by atoms with E-state index in [2.05, 4.69) is 33.6 Å². The lowest BCUT2D eigenvalue weighted by Crippen LogP contribution is -2.35. The second-order valence-corrected chi connectivity index (χ2v) is 9.69. The third kappa shape index (κ3) is 4.47. The van der Waals surface area contributed by atoms with Gasteiger partial charge < -0.3 is 19.3 Å². The van der Waals surface area contributed by atoms with Crippen LogP contribution in [-0.4, -0.2) is 55.2 Å². The van der Waals surface area contributed by atoms with Crippen molar-refractivity contribution in [3.05, 3.63) is 53.4 Å². The lowest BCUT2D eigenvalue weighted by Gasteiger charge is -2.28. The number of carbonyl (C=O) groups is 2. The number of hydrogen-bond acceptors (Lipinski definition) is 6. The summed E-state index contributed by atoms with van der Waals surface area (Å²) in [4.78, 5) is 39.4. The van der Waals surface area contributed by atoms with Crippen molar-refractivity contribution in [3.63, 3.8) is 0 Å². The molecule has 1 saturated carbocycles. The van der Waals surface area contributed by atoms with Crippen molar-refractivity contribution in [2.24, 2.45) is 5.92 Å². The first-order valence-corrected chi connectivity index (χ1v) is 12.3. The Morgan fingerprint density at radius 2 is 2.00 bits per heavy atom. The third-order valence-corrected chi connectivity index (χ3v) is 7.53. The van der Waals surface area contributed by atoms with Crippen molar-refractivity contribution in [3.8, 4) is 0 Å². The largest absolute Gasteiger partial charge is 0.481 e. The second kappa shape index (κ2) is 9.64. The number of carbonyl (C=O) groups excluding carboxylic acids is 1. The quantitative estimate of drug-likeness (QED) is 0.589. The van der Waals surface area contributed by atoms with Crippen LogP contribution >= 0.6 is 0 Å². The van der Waals surface area contributed by atoms with E-state index in [1.54, 1.807) is 23.5 Å². The monoisotopic (exact) mass is 477 g/mol. The summed E-state index contributed by atoms with van der Waals surface area (Å²) in [5.41, 5.74) is 5.17. The lowest BCUT2D eigenvalue weighted by atomic mass is 9.81. The Kier molecular flexibility index (Phi) is 6.40. The fourth-order valence-electron chi connectivity index (χ4n) is 5.68. The predicted molar refractivity (Wildman–Crippen MR) is 129 cm³/mol. The molecule has 1 N–H and O–H groups in total. The van der Waals surface area contributed by atoms with Crippen molar-refractivity contribution in [1.82, 2.24) is 24.4 Å². The summed E-state index contributed by atoms with van der Waals surface area (Å²) in [5.74, 6) is 0.217. The van der Waals surface area contributed by atoms with Crippen LogP contribution in [0.1, 0.15) is 67.2 Å². The molecule has 1 aliphatic heterocycles. The van der Waals surface area contributed by atoms with Crippen LogP contribution in [0.15, 0.2) is 30.7 Å². The predicted octanol–water partition coefficient (Wildman–Crippen LogP) is 4.11. The fraction of sp³-hybridized carbons (Fsp3) is 0.500. The number of carboxylic acids is 1. The topological polar surface area (TPSA) is 110 Å². The van der Waals surface area contributed by atoms with Gasteiger partial charge >= 0.3 is 12.1 Å². The molecular weight excluding hydrogens is 446 g/mol. The van der Waals surface area contributed by atoms with Gasteiger partial charge in [0.1, 0.15) is 5.82 Å². The highest BCUT2D eigenvalue weighted by molar-refractivity contribution is 5.82. The molecule has 1 amide bonds. The van der Waals surface area contributed by atoms with Gasteiger partial charge in [-0.3, -0.25) is 14.8 Å². The summed E-state index contributed by atoms with van der Waals surface area (Å²) < 4.78 is 7.29. The SMILES string of the molecule is COC(=O)N1CCc2ccc3c(nc(C4CCC(C(=O)O)CC4)n3[C@@H](C)Cc3cnccn3)c2C1. The zero-order valence-electron chi connectivity index (χ0n) is 20.2. The van der Waals surface area contributed by atoms with E-state index in [-0.39, 0.29) is 24.0 Å². The summed E-state index contributed by atoms with van der Waals surface area (Å²) in [5, 5.41) is 9.46. The van der Waals surface area contributed by atoms with Gasteiger partial charge in [-0.2, -0.15) is 0 Å². The zero-order chi connectivity index (χ0) is 24.5. The van der Waals surface area contributed by atoms with Crippen LogP contribution in [0, 0.1) is 5.92 Å². The molecule has 184 valence electrons. The number of aromatic nitrogens is 4. The molecule has 2 aromatic heterocycles. The molecule has 9 heteroatoms. The van der Waals surface area contributed by atoms with Gasteiger partial charge in [0.15, 0.2) is 0 Å². The summed E-state index contributed by atoms with van der Waals surface area (Å²) in [6.07, 6.45) is 9.25. The fourth-order valence-corrected chi connectivity index (χ4v) is 5.68. The van der Waals surface area contributed by atoms with Crippen LogP contribution < -0.4 is 0 Å². The van der Waals surface area contributed by atoms with E-state index < -0.39 is 5.97 Å². The minimum atomic E-state index is -0.704. The lowest BCUT2D eigenvalue weighted by molar-refractivity contribution is -0.142. The number of fused-ring (bicyclic) bond motifs is 3. The van der Waals surface area contributed by atoms with E-state index in [1.807, 2.05) is 0 Å². The van der Waals surface area contributed by atoms with Gasteiger partial charge in [-0.15, -0.1) is 0 Å². The minimum absolute atomic E-state index is 0.0854. The van der Waals surface area contributed by atoms with Crippen LogP contribution in [-0.2, 0) is 28.9 Å². The molecule has 1 aromatic carbocycles. The molecular formula is C26H31N5O4. The molecule has 0 bridgehead atoms. The maximum atomic E-state index is 12.2. The van der Waals surface area contributed by atoms with E-state index in [9.17, 15) is 14.7 Å². The summed E-state index contributed by atoms with van der Waals surface area (Å²) in [6.45, 7) is 3.27. The number of ether oxygens (including phenoxy) is 1. The number of aliphatic carboxylic acids is 1. The van der Waals surface area contributed by atoms with E-state index in [0.29, 0.717) is 32.4 Å². The van der Waals surface area contributed by atoms with E-state index >= 15 is 0 Å². The van der Waals surface area contributed by atoms with Crippen molar-refractivity contribution < 1.29 is 19.4 Å². The number of amides is 1. The molecule has 9 nitrogen and oxygen atoms in total. The average Bonchev–Trinajstić information content (AvgIpc) is 3.29. The van der Waals surface area contributed by atoms with Crippen LogP contribution in [0.25, 0.3) is 11.0 Å². The van der Waals surface area contributed by atoms with Gasteiger partial charge in [0.2, 0.25) is 0 Å². The average molecular weight is 478 g/mol. The van der Waals surface area contributed by atoms with Gasteiger partial charge in [0.05, 0.1) is 36.3 Å². The molecule has 0 saturated heterocycles. The zero-order valence-corrected chi connectivity index (χ0v) is 20.2. The number of hydrogen-bond donors (Lipinski definition) is 1. The first kappa shape index (κ1) is 23.3. The number of rotatable bonds is 5. The van der Waals surface area contributed by atoms with Crippen molar-refractivity contribution >= 4 is 23.1 Å². The standard InChI is InChI=1S/C26H31N5O4/c1-16(13-20-14-27-10-11-28-20)31-22-8-7-17-9-12-30(26(34)35-2)15-21(17)23(22)29-24(31)18-3-5-19(6-4-18)25(32)33/h7-8,10-11,14,16,18-19H,3-6,9,12-13,15H2,1-2H3,(H,32,33)/t16-,18?,19?/m0/s1. The van der Waals surface area contributed by atoms with Crippen LogP contribution in [0.5, 0.6) is 0 Å². The molecule has 35 heavy (non-hydrogen) atoms. The maximum Gasteiger partial charge on any atom is 0.409 e. The summed E-state index contributed by atoms with van der Waals surface area (Å²) in [7, 11) is 1.41. The second-order valence-electron chi connectivity index (χ2n) is 9.69. The Bertz CT molecular complexity index is 1230. The normalized spacial score (nSPS) is 20.9. The smallest absolute Gasteiger partial charge is 0.409 e. The Morgan fingerprint density at radius 1 is 1.20 bits per heavy atom. The number of carboxylic acid groups (broad SMARTS) is 1. The Labute approximate surface area is 204 Å². The summed E-state index contributed by atoms with van der Waals surface area (Å²) >= 11 is 0. The molecule has 1 aliphatic carbocycles. The molecule has 0 spiro atoms. The van der Waals surface area contributed by atoms with E-state index in [4.69, 9.17) is 9.72 Å². The van der Waals surface area contributed by atoms with Gasteiger partial charge in [-0.05, 0) is 50.7 Å².